The summed E-state index contributed by atoms with van der Waals surface area (Å²) < 4.78 is 3.77. The van der Waals surface area contributed by atoms with E-state index in [1.165, 1.54) is 0 Å². The number of carbonyl (C=O) groups excluding carboxylic acids is 2. The van der Waals surface area contributed by atoms with Crippen molar-refractivity contribution in [3.63, 3.8) is 0 Å². The zero-order valence-corrected chi connectivity index (χ0v) is 4.92. The summed E-state index contributed by atoms with van der Waals surface area (Å²) in [5.74, 6) is 3.54. The molecule has 0 spiro atoms. The molecule has 5 N–H and O–H groups in total. The third kappa shape index (κ3) is 10.8. The van der Waals surface area contributed by atoms with Crippen LogP contribution >= 0.6 is 0 Å². The maximum absolute atomic E-state index is 9.83. The second-order valence-electron chi connectivity index (χ2n) is 0.961. The van der Waals surface area contributed by atoms with Crippen molar-refractivity contribution in [1.29, 1.82) is 0 Å². The molecule has 7 heteroatoms. The second kappa shape index (κ2) is 8.86. The van der Waals surface area contributed by atoms with Gasteiger partial charge in [0.05, 0.1) is 0 Å². The Balaban J connectivity index is -0.000000245. The molecule has 0 atom stereocenters. The van der Waals surface area contributed by atoms with Crippen molar-refractivity contribution in [3.8, 4) is 0 Å². The Morgan fingerprint density at radius 1 is 1.40 bits per heavy atom. The van der Waals surface area contributed by atoms with Crippen LogP contribution in [0.25, 0.3) is 0 Å². The van der Waals surface area contributed by atoms with Crippen molar-refractivity contribution in [1.82, 2.24) is 6.15 Å². The van der Waals surface area contributed by atoms with Crippen molar-refractivity contribution in [2.24, 2.45) is 5.90 Å². The maximum atomic E-state index is 9.83. The normalized spacial score (nSPS) is 6.20. The molecule has 0 saturated carbocycles. The van der Waals surface area contributed by atoms with Gasteiger partial charge in [-0.25, -0.2) is 4.79 Å². The van der Waals surface area contributed by atoms with E-state index in [0.717, 1.165) is 6.92 Å². The van der Waals surface area contributed by atoms with Crippen molar-refractivity contribution in [2.75, 3.05) is 0 Å². The van der Waals surface area contributed by atoms with Crippen molar-refractivity contribution < 1.29 is 19.2 Å². The average molecular weight is 160 g/mol. The second-order valence-corrected chi connectivity index (χ2v) is 0.961. The number of nitrogens with two attached hydrogens (primary N) is 1. The van der Waals surface area contributed by atoms with E-state index >= 15 is 0 Å². The molecule has 0 amide bonds. The van der Waals surface area contributed by atoms with Gasteiger partial charge in [-0.05, 0) is 0 Å². The van der Waals surface area contributed by atoms with Gasteiger partial charge in [-0.2, -0.15) is 5.90 Å². The van der Waals surface area contributed by atoms with Crippen LogP contribution in [0.1, 0.15) is 6.92 Å². The van der Waals surface area contributed by atoms with Gasteiger partial charge in [0.1, 0.15) is 0 Å². The number of ether oxygens (including phenoxy) is 1. The Labute approximate surface area is 79.9 Å². The molecular formula is C3H9N2NaO4. The monoisotopic (exact) mass is 160 g/mol. The SMILES string of the molecule is CC(=O)OC(=O)ON.N.[NaH]. The fourth-order valence-corrected chi connectivity index (χ4v) is 0.141. The van der Waals surface area contributed by atoms with E-state index in [1.807, 2.05) is 0 Å². The van der Waals surface area contributed by atoms with Crippen LogP contribution in [0.4, 0.5) is 4.79 Å². The minimum atomic E-state index is -1.20. The molecular weight excluding hydrogens is 151 g/mol. The van der Waals surface area contributed by atoms with E-state index in [9.17, 15) is 9.59 Å². The summed E-state index contributed by atoms with van der Waals surface area (Å²) in [5, 5.41) is 0. The van der Waals surface area contributed by atoms with Crippen LogP contribution in [-0.4, -0.2) is 41.7 Å². The van der Waals surface area contributed by atoms with Crippen molar-refractivity contribution in [3.05, 3.63) is 0 Å². The number of carbonyl (C=O) groups is 2. The van der Waals surface area contributed by atoms with Gasteiger partial charge in [0, 0.05) is 6.92 Å². The standard InChI is InChI=1S/C3H5NO4.H3N.Na.H/c1-2(5)7-3(6)8-4;;;/h4H2,1H3;1H3;;. The van der Waals surface area contributed by atoms with Crippen LogP contribution in [0, 0.1) is 0 Å². The summed E-state index contributed by atoms with van der Waals surface area (Å²) in [7, 11) is 0. The summed E-state index contributed by atoms with van der Waals surface area (Å²) in [6, 6.07) is 0. The van der Waals surface area contributed by atoms with Crippen LogP contribution in [0.2, 0.25) is 0 Å². The van der Waals surface area contributed by atoms with E-state index < -0.39 is 12.1 Å². The van der Waals surface area contributed by atoms with Gasteiger partial charge >= 0.3 is 41.7 Å². The zero-order chi connectivity index (χ0) is 6.57. The molecule has 0 aromatic heterocycles. The Morgan fingerprint density at radius 3 is 1.90 bits per heavy atom. The molecule has 0 unspecified atom stereocenters. The van der Waals surface area contributed by atoms with Gasteiger partial charge in [-0.15, -0.1) is 0 Å². The molecule has 0 saturated heterocycles. The van der Waals surface area contributed by atoms with Gasteiger partial charge < -0.3 is 15.7 Å². The van der Waals surface area contributed by atoms with Crippen LogP contribution in [0.5, 0.6) is 0 Å². The van der Waals surface area contributed by atoms with E-state index in [1.54, 1.807) is 0 Å². The van der Waals surface area contributed by atoms with E-state index in [2.05, 4.69) is 15.5 Å². The molecule has 0 heterocycles. The summed E-state index contributed by atoms with van der Waals surface area (Å²) in [6.07, 6.45) is -1.20. The first-order valence-electron chi connectivity index (χ1n) is 1.76. The molecule has 0 aromatic rings. The average Bonchev–Trinajstić information content (AvgIpc) is 1.65. The first-order valence-corrected chi connectivity index (χ1v) is 1.76. The molecule has 0 aliphatic heterocycles. The van der Waals surface area contributed by atoms with Crippen molar-refractivity contribution >= 4 is 41.7 Å². The quantitative estimate of drug-likeness (QED) is 0.205. The van der Waals surface area contributed by atoms with Crippen LogP contribution in [0.3, 0.4) is 0 Å². The molecule has 0 aromatic carbocycles. The predicted octanol–water partition coefficient (Wildman–Crippen LogP) is -0.927. The molecule has 56 valence electrons. The van der Waals surface area contributed by atoms with Crippen LogP contribution in [-0.2, 0) is 14.4 Å². The summed E-state index contributed by atoms with van der Waals surface area (Å²) in [4.78, 5) is 23.1. The summed E-state index contributed by atoms with van der Waals surface area (Å²) in [6.45, 7) is 1.07. The third-order valence-corrected chi connectivity index (χ3v) is 0.323. The number of hydrogen-bond acceptors (Lipinski definition) is 6. The Bertz CT molecular complexity index is 117. The zero-order valence-electron chi connectivity index (χ0n) is 4.92. The van der Waals surface area contributed by atoms with Gasteiger partial charge in [-0.3, -0.25) is 4.79 Å². The Kier molecular flexibility index (Phi) is 14.6. The molecule has 0 aliphatic rings. The molecule has 6 nitrogen and oxygen atoms in total. The molecule has 0 rings (SSSR count). The van der Waals surface area contributed by atoms with Gasteiger partial charge in [0.2, 0.25) is 0 Å². The van der Waals surface area contributed by atoms with Gasteiger partial charge in [0.15, 0.2) is 0 Å². The Hall–Kier alpha value is -0.140. The fourth-order valence-electron chi connectivity index (χ4n) is 0.141. The van der Waals surface area contributed by atoms with Gasteiger partial charge in [0.25, 0.3) is 0 Å². The number of rotatable bonds is 0. The number of esters is 1. The minimum absolute atomic E-state index is 0. The molecule has 0 fully saturated rings. The first-order chi connectivity index (χ1) is 3.66. The predicted molar refractivity (Wildman–Crippen MR) is 34.6 cm³/mol. The van der Waals surface area contributed by atoms with Crippen LogP contribution in [0.15, 0.2) is 0 Å². The number of hydrogen-bond donors (Lipinski definition) is 2. The van der Waals surface area contributed by atoms with Crippen LogP contribution < -0.4 is 12.0 Å². The molecule has 0 radical (unpaired) electrons. The first kappa shape index (κ1) is 16.4. The van der Waals surface area contributed by atoms with E-state index in [4.69, 9.17) is 0 Å². The fraction of sp³-hybridized carbons (Fsp3) is 0.333. The topological polar surface area (TPSA) is 114 Å². The molecule has 0 aliphatic carbocycles. The summed E-state index contributed by atoms with van der Waals surface area (Å²) in [5.41, 5.74) is 0. The molecule has 10 heavy (non-hydrogen) atoms. The van der Waals surface area contributed by atoms with E-state index in [0.29, 0.717) is 0 Å². The summed E-state index contributed by atoms with van der Waals surface area (Å²) >= 11 is 0. The third-order valence-electron chi connectivity index (χ3n) is 0.323. The van der Waals surface area contributed by atoms with Gasteiger partial charge in [-0.1, -0.05) is 0 Å². The Morgan fingerprint density at radius 2 is 1.80 bits per heavy atom. The van der Waals surface area contributed by atoms with Crippen molar-refractivity contribution in [2.45, 2.75) is 6.92 Å². The van der Waals surface area contributed by atoms with E-state index in [-0.39, 0.29) is 35.7 Å². The molecule has 0 bridgehead atoms.